The summed E-state index contributed by atoms with van der Waals surface area (Å²) in [7, 11) is 0. The van der Waals surface area contributed by atoms with Gasteiger partial charge >= 0.3 is 5.97 Å². The van der Waals surface area contributed by atoms with Crippen LogP contribution in [-0.2, 0) is 22.5 Å². The Morgan fingerprint density at radius 2 is 2.38 bits per heavy atom. The molecule has 0 unspecified atom stereocenters. The van der Waals surface area contributed by atoms with E-state index in [2.05, 4.69) is 22.9 Å². The van der Waals surface area contributed by atoms with E-state index in [-0.39, 0.29) is 11.7 Å². The highest BCUT2D eigenvalue weighted by Gasteiger charge is 2.19. The fraction of sp³-hybridized carbons (Fsp3) is 0.533. The van der Waals surface area contributed by atoms with Crippen LogP contribution in [0.4, 0.5) is 0 Å². The minimum atomic E-state index is -0.275. The molecular weight excluding hydrogens is 286 g/mol. The summed E-state index contributed by atoms with van der Waals surface area (Å²) in [6.45, 7) is 7.11. The predicted molar refractivity (Wildman–Crippen MR) is 81.0 cm³/mol. The van der Waals surface area contributed by atoms with Crippen LogP contribution in [0.3, 0.4) is 0 Å². The minimum absolute atomic E-state index is 0.190. The number of esters is 1. The number of ether oxygens (including phenoxy) is 1. The van der Waals surface area contributed by atoms with E-state index < -0.39 is 0 Å². The maximum Gasteiger partial charge on any atom is 0.316 e. The third kappa shape index (κ3) is 3.96. The lowest BCUT2D eigenvalue weighted by molar-refractivity contribution is -0.139. The van der Waals surface area contributed by atoms with Gasteiger partial charge in [0.05, 0.1) is 17.9 Å². The Morgan fingerprint density at radius 1 is 1.57 bits per heavy atom. The Balaban J connectivity index is 2.16. The fourth-order valence-corrected chi connectivity index (χ4v) is 3.07. The number of likely N-dealkylation sites (N-methyl/N-ethyl adjacent to an activating group) is 1. The molecule has 0 fully saturated rings. The maximum atomic E-state index is 11.4. The molecule has 5 nitrogen and oxygen atoms in total. The number of fused-ring (bicyclic) bond motifs is 1. The highest BCUT2D eigenvalue weighted by atomic mass is 32.2. The summed E-state index contributed by atoms with van der Waals surface area (Å²) in [6, 6.07) is 4.09. The summed E-state index contributed by atoms with van der Waals surface area (Å²) in [5.41, 5.74) is 2.71. The molecule has 1 aromatic rings. The van der Waals surface area contributed by atoms with Gasteiger partial charge in [0.25, 0.3) is 0 Å². The number of hydrogen-bond acceptors (Lipinski definition) is 6. The van der Waals surface area contributed by atoms with Crippen molar-refractivity contribution in [1.82, 2.24) is 9.88 Å². The number of thioether (sulfide) groups is 1. The van der Waals surface area contributed by atoms with E-state index in [1.54, 1.807) is 6.92 Å². The van der Waals surface area contributed by atoms with Gasteiger partial charge in [0.2, 0.25) is 0 Å². The molecular formula is C15H19N3O2S. The summed E-state index contributed by atoms with van der Waals surface area (Å²) in [4.78, 5) is 18.3. The lowest BCUT2D eigenvalue weighted by atomic mass is 10.0. The largest absolute Gasteiger partial charge is 0.465 e. The van der Waals surface area contributed by atoms with Gasteiger partial charge < -0.3 is 4.74 Å². The molecule has 0 radical (unpaired) electrons. The van der Waals surface area contributed by atoms with Crippen LogP contribution in [0.5, 0.6) is 0 Å². The fourth-order valence-electron chi connectivity index (χ4n) is 2.30. The molecule has 0 aliphatic carbocycles. The van der Waals surface area contributed by atoms with Crippen molar-refractivity contribution in [2.24, 2.45) is 0 Å². The zero-order valence-electron chi connectivity index (χ0n) is 12.4. The van der Waals surface area contributed by atoms with Gasteiger partial charge in [-0.25, -0.2) is 4.98 Å². The molecule has 6 heteroatoms. The highest BCUT2D eigenvalue weighted by molar-refractivity contribution is 7.99. The summed E-state index contributed by atoms with van der Waals surface area (Å²) < 4.78 is 4.90. The highest BCUT2D eigenvalue weighted by Crippen LogP contribution is 2.26. The predicted octanol–water partition coefficient (Wildman–Crippen LogP) is 1.99. The Hall–Kier alpha value is -1.58. The van der Waals surface area contributed by atoms with Crippen molar-refractivity contribution in [3.05, 3.63) is 22.9 Å². The summed E-state index contributed by atoms with van der Waals surface area (Å²) >= 11 is 1.28. The van der Waals surface area contributed by atoms with Crippen LogP contribution in [0.15, 0.2) is 11.1 Å². The second-order valence-electron chi connectivity index (χ2n) is 4.77. The quantitative estimate of drug-likeness (QED) is 0.612. The maximum absolute atomic E-state index is 11.4. The Kier molecular flexibility index (Phi) is 5.59. The average molecular weight is 305 g/mol. The van der Waals surface area contributed by atoms with E-state index >= 15 is 0 Å². The van der Waals surface area contributed by atoms with Crippen LogP contribution < -0.4 is 0 Å². The van der Waals surface area contributed by atoms with Crippen molar-refractivity contribution >= 4 is 17.7 Å². The van der Waals surface area contributed by atoms with E-state index in [1.807, 2.05) is 6.07 Å². The van der Waals surface area contributed by atoms with Crippen LogP contribution >= 0.6 is 11.8 Å². The minimum Gasteiger partial charge on any atom is -0.465 e. The van der Waals surface area contributed by atoms with E-state index in [4.69, 9.17) is 4.74 Å². The van der Waals surface area contributed by atoms with Crippen LogP contribution in [-0.4, -0.2) is 41.3 Å². The van der Waals surface area contributed by atoms with Gasteiger partial charge in [-0.1, -0.05) is 18.7 Å². The number of carbonyl (C=O) groups is 1. The zero-order valence-corrected chi connectivity index (χ0v) is 13.2. The Morgan fingerprint density at radius 3 is 3.05 bits per heavy atom. The molecule has 1 aliphatic rings. The SMILES string of the molecule is CCOC(=O)CSc1nc2c(cc1C#N)CN(CC)CC2. The topological polar surface area (TPSA) is 66.2 Å². The van der Waals surface area contributed by atoms with Crippen LogP contribution in [0.25, 0.3) is 0 Å². The van der Waals surface area contributed by atoms with Crippen molar-refractivity contribution in [3.63, 3.8) is 0 Å². The first-order valence-electron chi connectivity index (χ1n) is 7.11. The molecule has 21 heavy (non-hydrogen) atoms. The third-order valence-electron chi connectivity index (χ3n) is 3.41. The molecule has 0 bridgehead atoms. The number of carbonyl (C=O) groups excluding carboxylic acids is 1. The van der Waals surface area contributed by atoms with E-state index in [0.717, 1.165) is 37.3 Å². The molecule has 0 saturated carbocycles. The Bertz CT molecular complexity index is 569. The molecule has 2 rings (SSSR count). The van der Waals surface area contributed by atoms with E-state index in [9.17, 15) is 10.1 Å². The number of hydrogen-bond donors (Lipinski definition) is 0. The van der Waals surface area contributed by atoms with Crippen molar-refractivity contribution in [2.45, 2.75) is 31.8 Å². The first-order chi connectivity index (χ1) is 10.2. The molecule has 0 atom stereocenters. The van der Waals surface area contributed by atoms with E-state index in [1.165, 1.54) is 11.8 Å². The number of nitriles is 1. The summed E-state index contributed by atoms with van der Waals surface area (Å²) in [6.07, 6.45) is 0.891. The van der Waals surface area contributed by atoms with Gasteiger partial charge in [-0.2, -0.15) is 5.26 Å². The normalized spacial score (nSPS) is 14.3. The number of nitrogens with zero attached hydrogens (tertiary/aromatic N) is 3. The molecule has 112 valence electrons. The second-order valence-corrected chi connectivity index (χ2v) is 5.74. The first kappa shape index (κ1) is 15.8. The summed E-state index contributed by atoms with van der Waals surface area (Å²) in [5, 5.41) is 9.91. The van der Waals surface area contributed by atoms with Gasteiger partial charge in [-0.3, -0.25) is 9.69 Å². The van der Waals surface area contributed by atoms with Crippen LogP contribution in [0, 0.1) is 11.3 Å². The second kappa shape index (κ2) is 7.43. The smallest absolute Gasteiger partial charge is 0.316 e. The molecule has 0 N–H and O–H groups in total. The molecule has 1 aromatic heterocycles. The lowest BCUT2D eigenvalue weighted by Gasteiger charge is -2.27. The first-order valence-corrected chi connectivity index (χ1v) is 8.10. The van der Waals surface area contributed by atoms with Gasteiger partial charge in [0, 0.05) is 25.2 Å². The van der Waals surface area contributed by atoms with Crippen LogP contribution in [0.1, 0.15) is 30.7 Å². The van der Waals surface area contributed by atoms with Gasteiger partial charge in [-0.15, -0.1) is 0 Å². The monoisotopic (exact) mass is 305 g/mol. The number of aromatic nitrogens is 1. The molecule has 1 aliphatic heterocycles. The molecule has 0 saturated heterocycles. The van der Waals surface area contributed by atoms with Crippen molar-refractivity contribution in [3.8, 4) is 6.07 Å². The van der Waals surface area contributed by atoms with Gasteiger partial charge in [0.15, 0.2) is 0 Å². The zero-order chi connectivity index (χ0) is 15.2. The third-order valence-corrected chi connectivity index (χ3v) is 4.38. The standard InChI is InChI=1S/C15H19N3O2S/c1-3-18-6-5-13-12(9-18)7-11(8-16)15(17-13)21-10-14(19)20-4-2/h7H,3-6,9-10H2,1-2H3. The van der Waals surface area contributed by atoms with Crippen molar-refractivity contribution in [2.75, 3.05) is 25.4 Å². The lowest BCUT2D eigenvalue weighted by Crippen LogP contribution is -2.31. The van der Waals surface area contributed by atoms with Crippen molar-refractivity contribution < 1.29 is 9.53 Å². The molecule has 0 spiro atoms. The number of pyridine rings is 1. The Labute approximate surface area is 129 Å². The number of rotatable bonds is 5. The van der Waals surface area contributed by atoms with Gasteiger partial charge in [-0.05, 0) is 25.1 Å². The van der Waals surface area contributed by atoms with E-state index in [0.29, 0.717) is 17.2 Å². The summed E-state index contributed by atoms with van der Waals surface area (Å²) in [5.74, 6) is -0.0851. The van der Waals surface area contributed by atoms with Gasteiger partial charge in [0.1, 0.15) is 11.1 Å². The molecule has 0 aromatic carbocycles. The van der Waals surface area contributed by atoms with Crippen molar-refractivity contribution in [1.29, 1.82) is 5.26 Å². The molecule has 2 heterocycles. The average Bonchev–Trinajstić information content (AvgIpc) is 2.51. The van der Waals surface area contributed by atoms with Crippen LogP contribution in [0.2, 0.25) is 0 Å². The molecule has 0 amide bonds.